The van der Waals surface area contributed by atoms with Gasteiger partial charge >= 0.3 is 5.97 Å². The number of para-hydroxylation sites is 1. The second-order valence-corrected chi connectivity index (χ2v) is 6.63. The summed E-state index contributed by atoms with van der Waals surface area (Å²) in [5, 5.41) is 19.4. The van der Waals surface area contributed by atoms with Crippen LogP contribution < -0.4 is 10.2 Å². The molecular weight excluding hydrogens is 348 g/mol. The van der Waals surface area contributed by atoms with E-state index >= 15 is 0 Å². The highest BCUT2D eigenvalue weighted by atomic mass is 16.5. The molecule has 0 aliphatic heterocycles. The SMILES string of the molecule is CCC(C)(O)COc1ccccc1-c1cc(=O)c2cc(C(=O)O)ccc2o1. The molecule has 3 aromatic rings. The highest BCUT2D eigenvalue weighted by Crippen LogP contribution is 2.31. The fraction of sp³-hybridized carbons (Fsp3) is 0.238. The van der Waals surface area contributed by atoms with Crippen LogP contribution in [-0.4, -0.2) is 28.4 Å². The van der Waals surface area contributed by atoms with E-state index in [1.807, 2.05) is 6.92 Å². The maximum absolute atomic E-state index is 12.5. The molecule has 3 rings (SSSR count). The Morgan fingerprint density at radius 3 is 2.63 bits per heavy atom. The van der Waals surface area contributed by atoms with E-state index in [-0.39, 0.29) is 28.6 Å². The fourth-order valence-electron chi connectivity index (χ4n) is 2.55. The number of carbonyl (C=O) groups is 1. The highest BCUT2D eigenvalue weighted by Gasteiger charge is 2.20. The lowest BCUT2D eigenvalue weighted by atomic mass is 10.1. The monoisotopic (exact) mass is 368 g/mol. The number of aromatic carboxylic acids is 1. The van der Waals surface area contributed by atoms with E-state index in [0.29, 0.717) is 23.5 Å². The van der Waals surface area contributed by atoms with Crippen LogP contribution in [0, 0.1) is 0 Å². The average Bonchev–Trinajstić information content (AvgIpc) is 2.66. The van der Waals surface area contributed by atoms with Crippen molar-refractivity contribution in [3.63, 3.8) is 0 Å². The molecule has 0 bridgehead atoms. The van der Waals surface area contributed by atoms with Crippen molar-refractivity contribution in [2.24, 2.45) is 0 Å². The summed E-state index contributed by atoms with van der Waals surface area (Å²) in [5.74, 6) is -0.319. The van der Waals surface area contributed by atoms with Gasteiger partial charge in [0.1, 0.15) is 23.7 Å². The number of hydrogen-bond donors (Lipinski definition) is 2. The summed E-state index contributed by atoms with van der Waals surface area (Å²) in [6.07, 6.45) is 0.534. The van der Waals surface area contributed by atoms with Gasteiger partial charge in [-0.3, -0.25) is 4.79 Å². The molecule has 1 atom stereocenters. The number of ether oxygens (including phenoxy) is 1. The topological polar surface area (TPSA) is 97.0 Å². The molecule has 1 aromatic heterocycles. The summed E-state index contributed by atoms with van der Waals surface area (Å²) < 4.78 is 11.6. The molecule has 2 aromatic carbocycles. The Kier molecular flexibility index (Phi) is 5.01. The lowest BCUT2D eigenvalue weighted by Crippen LogP contribution is -2.31. The number of carboxylic acid groups (broad SMARTS) is 1. The standard InChI is InChI=1S/C21H20O6/c1-3-21(2,25)12-26-17-7-5-4-6-14(17)19-11-16(22)15-10-13(20(23)24)8-9-18(15)27-19/h4-11,25H,3,12H2,1-2H3,(H,23,24). The Labute approximate surface area is 155 Å². The largest absolute Gasteiger partial charge is 0.490 e. The van der Waals surface area contributed by atoms with E-state index in [4.69, 9.17) is 14.3 Å². The summed E-state index contributed by atoms with van der Waals surface area (Å²) in [7, 11) is 0. The molecule has 0 radical (unpaired) electrons. The lowest BCUT2D eigenvalue weighted by Gasteiger charge is -2.22. The molecule has 0 saturated heterocycles. The number of hydrogen-bond acceptors (Lipinski definition) is 5. The van der Waals surface area contributed by atoms with Crippen LogP contribution in [-0.2, 0) is 0 Å². The van der Waals surface area contributed by atoms with E-state index in [1.165, 1.54) is 24.3 Å². The number of fused-ring (bicyclic) bond motifs is 1. The van der Waals surface area contributed by atoms with Gasteiger partial charge < -0.3 is 19.4 Å². The van der Waals surface area contributed by atoms with Gasteiger partial charge in [-0.1, -0.05) is 19.1 Å². The predicted molar refractivity (Wildman–Crippen MR) is 101 cm³/mol. The van der Waals surface area contributed by atoms with Gasteiger partial charge in [0.25, 0.3) is 0 Å². The zero-order chi connectivity index (χ0) is 19.6. The van der Waals surface area contributed by atoms with Gasteiger partial charge in [-0.25, -0.2) is 4.79 Å². The Hall–Kier alpha value is -3.12. The van der Waals surface area contributed by atoms with Crippen LogP contribution in [0.15, 0.2) is 57.7 Å². The first-order valence-electron chi connectivity index (χ1n) is 8.56. The smallest absolute Gasteiger partial charge is 0.335 e. The Balaban J connectivity index is 2.04. The summed E-state index contributed by atoms with van der Waals surface area (Å²) in [5.41, 5.74) is -0.425. The molecule has 0 spiro atoms. The predicted octanol–water partition coefficient (Wildman–Crippen LogP) is 3.70. The van der Waals surface area contributed by atoms with Gasteiger partial charge in [0.2, 0.25) is 0 Å². The minimum absolute atomic E-state index is 0.0214. The van der Waals surface area contributed by atoms with Crippen molar-refractivity contribution in [2.75, 3.05) is 6.61 Å². The molecule has 1 heterocycles. The summed E-state index contributed by atoms with van der Waals surface area (Å²) >= 11 is 0. The van der Waals surface area contributed by atoms with Gasteiger partial charge in [0, 0.05) is 6.07 Å². The Bertz CT molecular complexity index is 1050. The number of carboxylic acids is 1. The van der Waals surface area contributed by atoms with Gasteiger partial charge in [0.05, 0.1) is 22.1 Å². The summed E-state index contributed by atoms with van der Waals surface area (Å²) in [6, 6.07) is 12.5. The maximum Gasteiger partial charge on any atom is 0.335 e. The van der Waals surface area contributed by atoms with Gasteiger partial charge in [-0.15, -0.1) is 0 Å². The van der Waals surface area contributed by atoms with Crippen molar-refractivity contribution in [1.82, 2.24) is 0 Å². The summed E-state index contributed by atoms with van der Waals surface area (Å²) in [6.45, 7) is 3.65. The first-order chi connectivity index (χ1) is 12.8. The molecule has 0 aliphatic rings. The molecule has 0 saturated carbocycles. The molecule has 0 fully saturated rings. The van der Waals surface area contributed by atoms with E-state index < -0.39 is 11.6 Å². The third kappa shape index (κ3) is 4.01. The van der Waals surface area contributed by atoms with Crippen molar-refractivity contribution in [3.8, 4) is 17.1 Å². The third-order valence-corrected chi connectivity index (χ3v) is 4.43. The molecule has 0 aliphatic carbocycles. The quantitative estimate of drug-likeness (QED) is 0.689. The van der Waals surface area contributed by atoms with Crippen LogP contribution in [0.4, 0.5) is 0 Å². The maximum atomic E-state index is 12.5. The van der Waals surface area contributed by atoms with Crippen molar-refractivity contribution in [2.45, 2.75) is 25.9 Å². The minimum Gasteiger partial charge on any atom is -0.490 e. The Morgan fingerprint density at radius 2 is 1.93 bits per heavy atom. The van der Waals surface area contributed by atoms with E-state index in [9.17, 15) is 14.7 Å². The number of rotatable bonds is 6. The first-order valence-corrected chi connectivity index (χ1v) is 8.56. The van der Waals surface area contributed by atoms with Crippen molar-refractivity contribution in [1.29, 1.82) is 0 Å². The van der Waals surface area contributed by atoms with Crippen LogP contribution in [0.25, 0.3) is 22.3 Å². The molecule has 1 unspecified atom stereocenters. The van der Waals surface area contributed by atoms with Crippen LogP contribution in [0.2, 0.25) is 0 Å². The lowest BCUT2D eigenvalue weighted by molar-refractivity contribution is 0.00862. The highest BCUT2D eigenvalue weighted by molar-refractivity contribution is 5.93. The van der Waals surface area contributed by atoms with Crippen molar-refractivity contribution < 1.29 is 24.2 Å². The Morgan fingerprint density at radius 1 is 1.19 bits per heavy atom. The second-order valence-electron chi connectivity index (χ2n) is 6.63. The van der Waals surface area contributed by atoms with Gasteiger partial charge in [-0.05, 0) is 43.7 Å². The normalized spacial score (nSPS) is 13.3. The molecule has 140 valence electrons. The van der Waals surface area contributed by atoms with E-state index in [1.54, 1.807) is 31.2 Å². The van der Waals surface area contributed by atoms with E-state index in [2.05, 4.69) is 0 Å². The van der Waals surface area contributed by atoms with Crippen LogP contribution in [0.3, 0.4) is 0 Å². The molecule has 2 N–H and O–H groups in total. The van der Waals surface area contributed by atoms with Crippen LogP contribution in [0.1, 0.15) is 30.6 Å². The van der Waals surface area contributed by atoms with Crippen molar-refractivity contribution >= 4 is 16.9 Å². The zero-order valence-electron chi connectivity index (χ0n) is 15.1. The summed E-state index contributed by atoms with van der Waals surface area (Å²) in [4.78, 5) is 23.6. The van der Waals surface area contributed by atoms with E-state index in [0.717, 1.165) is 0 Å². The van der Waals surface area contributed by atoms with Gasteiger partial charge in [-0.2, -0.15) is 0 Å². The average molecular weight is 368 g/mol. The first kappa shape index (κ1) is 18.7. The fourth-order valence-corrected chi connectivity index (χ4v) is 2.55. The molecular formula is C21H20O6. The third-order valence-electron chi connectivity index (χ3n) is 4.43. The molecule has 0 amide bonds. The minimum atomic E-state index is -1.11. The zero-order valence-corrected chi connectivity index (χ0v) is 15.1. The van der Waals surface area contributed by atoms with Crippen LogP contribution >= 0.6 is 0 Å². The second kappa shape index (κ2) is 7.25. The molecule has 6 nitrogen and oxygen atoms in total. The van der Waals surface area contributed by atoms with Crippen molar-refractivity contribution in [3.05, 3.63) is 64.3 Å². The van der Waals surface area contributed by atoms with Gasteiger partial charge in [0.15, 0.2) is 5.43 Å². The number of benzene rings is 2. The molecule has 6 heteroatoms. The molecule has 27 heavy (non-hydrogen) atoms. The van der Waals surface area contributed by atoms with Crippen LogP contribution in [0.5, 0.6) is 5.75 Å². The number of aliphatic hydroxyl groups is 1.